The van der Waals surface area contributed by atoms with Crippen molar-refractivity contribution in [3.05, 3.63) is 24.3 Å². The van der Waals surface area contributed by atoms with Crippen LogP contribution in [0.5, 0.6) is 0 Å². The molecule has 0 aromatic carbocycles. The molecule has 2 heteroatoms. The van der Waals surface area contributed by atoms with Crippen molar-refractivity contribution in [2.45, 2.75) is 6.54 Å². The molecule has 1 radical (unpaired) electrons. The number of hydrogen-bond acceptors (Lipinski definition) is 1. The lowest BCUT2D eigenvalue weighted by molar-refractivity contribution is 0.828. The van der Waals surface area contributed by atoms with E-state index in [0.29, 0.717) is 0 Å². The van der Waals surface area contributed by atoms with E-state index in [0.717, 1.165) is 12.2 Å². The minimum atomic E-state index is 0.940. The molecule has 39 valence electrons. The van der Waals surface area contributed by atoms with Gasteiger partial charge in [0.2, 0.25) is 0 Å². The molecule has 1 aliphatic heterocycles. The minimum Gasteiger partial charge on any atom is -0.318 e. The van der Waals surface area contributed by atoms with E-state index >= 15 is 0 Å². The predicted octanol–water partition coefficient (Wildman–Crippen LogP) is 0.710. The highest BCUT2D eigenvalue weighted by Crippen LogP contribution is 2.07. The highest BCUT2D eigenvalue weighted by atomic mass is 15.0. The third-order valence-electron chi connectivity index (χ3n) is 1.26. The Bertz CT molecular complexity index is 222. The first-order chi connectivity index (χ1) is 3.97. The summed E-state index contributed by atoms with van der Waals surface area (Å²) in [7, 11) is 0. The first-order valence-electron chi connectivity index (χ1n) is 2.56. The number of hydrogen-bond donors (Lipinski definition) is 0. The monoisotopic (exact) mass is 105 g/mol. The van der Waals surface area contributed by atoms with Crippen molar-refractivity contribution in [1.82, 2.24) is 9.55 Å². The summed E-state index contributed by atoms with van der Waals surface area (Å²) in [5.74, 6) is 0. The maximum Gasteiger partial charge on any atom is 0.177 e. The predicted molar refractivity (Wildman–Crippen MR) is 30.1 cm³/mol. The fraction of sp³-hybridized carbons (Fsp3) is 0.167. The van der Waals surface area contributed by atoms with E-state index in [4.69, 9.17) is 0 Å². The molecule has 0 unspecified atom stereocenters. The van der Waals surface area contributed by atoms with Gasteiger partial charge in [0.05, 0.1) is 11.9 Å². The zero-order chi connectivity index (χ0) is 5.40. The van der Waals surface area contributed by atoms with E-state index in [1.54, 1.807) is 0 Å². The van der Waals surface area contributed by atoms with Gasteiger partial charge in [0.1, 0.15) is 0 Å². The number of allylic oxidation sites excluding steroid dienone is 1. The van der Waals surface area contributed by atoms with Crippen LogP contribution in [0.2, 0.25) is 0 Å². The SMILES string of the molecule is [c]1ncc2n1CC=C2. The second kappa shape index (κ2) is 1.22. The Morgan fingerprint density at radius 2 is 2.75 bits per heavy atom. The van der Waals surface area contributed by atoms with Crippen LogP contribution < -0.4 is 0 Å². The lowest BCUT2D eigenvalue weighted by atomic mass is 10.5. The minimum absolute atomic E-state index is 0.940. The van der Waals surface area contributed by atoms with E-state index in [-0.39, 0.29) is 0 Å². The third-order valence-corrected chi connectivity index (χ3v) is 1.26. The Balaban J connectivity index is 2.67. The molecule has 1 aromatic rings. The summed E-state index contributed by atoms with van der Waals surface area (Å²) in [5.41, 5.74) is 1.16. The average molecular weight is 105 g/mol. The molecule has 8 heavy (non-hydrogen) atoms. The number of aromatic nitrogens is 2. The van der Waals surface area contributed by atoms with E-state index in [9.17, 15) is 0 Å². The van der Waals surface area contributed by atoms with Crippen molar-refractivity contribution < 1.29 is 0 Å². The van der Waals surface area contributed by atoms with E-state index in [1.165, 1.54) is 0 Å². The number of rotatable bonds is 0. The van der Waals surface area contributed by atoms with Gasteiger partial charge in [-0.15, -0.1) is 0 Å². The average Bonchev–Trinajstić information content (AvgIpc) is 2.15. The van der Waals surface area contributed by atoms with Crippen LogP contribution >= 0.6 is 0 Å². The molecule has 0 saturated heterocycles. The van der Waals surface area contributed by atoms with Crippen molar-refractivity contribution >= 4 is 6.08 Å². The molecule has 1 aliphatic rings. The Hall–Kier alpha value is -1.05. The Morgan fingerprint density at radius 1 is 1.75 bits per heavy atom. The van der Waals surface area contributed by atoms with Gasteiger partial charge in [0.15, 0.2) is 6.33 Å². The number of imidazole rings is 1. The lowest BCUT2D eigenvalue weighted by Gasteiger charge is -1.87. The third kappa shape index (κ3) is 0.346. The topological polar surface area (TPSA) is 17.8 Å². The summed E-state index contributed by atoms with van der Waals surface area (Å²) in [5, 5.41) is 0. The van der Waals surface area contributed by atoms with Crippen molar-refractivity contribution in [2.24, 2.45) is 0 Å². The normalized spacial score (nSPS) is 14.5. The highest BCUT2D eigenvalue weighted by molar-refractivity contribution is 5.47. The Labute approximate surface area is 47.5 Å². The van der Waals surface area contributed by atoms with Crippen LogP contribution in [0.4, 0.5) is 0 Å². The van der Waals surface area contributed by atoms with Gasteiger partial charge in [-0.05, 0) is 6.08 Å². The first-order valence-corrected chi connectivity index (χ1v) is 2.56. The van der Waals surface area contributed by atoms with E-state index in [2.05, 4.69) is 17.4 Å². The quantitative estimate of drug-likeness (QED) is 0.475. The molecule has 0 fully saturated rings. The van der Waals surface area contributed by atoms with Crippen LogP contribution in [0, 0.1) is 6.33 Å². The summed E-state index contributed by atoms with van der Waals surface area (Å²) in [6.45, 7) is 0.940. The summed E-state index contributed by atoms with van der Waals surface area (Å²) in [6, 6.07) is 0. The van der Waals surface area contributed by atoms with Crippen LogP contribution in [0.15, 0.2) is 12.3 Å². The summed E-state index contributed by atoms with van der Waals surface area (Å²) < 4.78 is 1.97. The smallest absolute Gasteiger partial charge is 0.177 e. The van der Waals surface area contributed by atoms with Gasteiger partial charge in [0.25, 0.3) is 0 Å². The molecule has 2 heterocycles. The molecule has 1 aromatic heterocycles. The molecule has 0 amide bonds. The second-order valence-corrected chi connectivity index (χ2v) is 1.80. The second-order valence-electron chi connectivity index (χ2n) is 1.80. The fourth-order valence-corrected chi connectivity index (χ4v) is 0.850. The number of fused-ring (bicyclic) bond motifs is 1. The zero-order valence-electron chi connectivity index (χ0n) is 4.33. The molecule has 2 rings (SSSR count). The number of nitrogens with zero attached hydrogens (tertiary/aromatic N) is 2. The largest absolute Gasteiger partial charge is 0.318 e. The van der Waals surface area contributed by atoms with Gasteiger partial charge in [-0.3, -0.25) is 0 Å². The van der Waals surface area contributed by atoms with Crippen molar-refractivity contribution in [3.63, 3.8) is 0 Å². The standard InChI is InChI=1S/C6H5N2/c1-2-6-4-7-5-8(6)3-1/h1-2,4H,3H2. The van der Waals surface area contributed by atoms with Crippen molar-refractivity contribution in [1.29, 1.82) is 0 Å². The lowest BCUT2D eigenvalue weighted by Crippen LogP contribution is -1.88. The van der Waals surface area contributed by atoms with Gasteiger partial charge in [-0.2, -0.15) is 0 Å². The van der Waals surface area contributed by atoms with E-state index < -0.39 is 0 Å². The summed E-state index contributed by atoms with van der Waals surface area (Å²) in [4.78, 5) is 3.83. The van der Waals surface area contributed by atoms with Crippen LogP contribution in [0.25, 0.3) is 6.08 Å². The Kier molecular flexibility index (Phi) is 0.592. The first kappa shape index (κ1) is 3.89. The van der Waals surface area contributed by atoms with Crippen LogP contribution in [-0.4, -0.2) is 9.55 Å². The fourth-order valence-electron chi connectivity index (χ4n) is 0.850. The molecule has 0 aliphatic carbocycles. The molecular formula is C6H5N2. The van der Waals surface area contributed by atoms with Crippen molar-refractivity contribution in [3.8, 4) is 0 Å². The van der Waals surface area contributed by atoms with Crippen molar-refractivity contribution in [2.75, 3.05) is 0 Å². The van der Waals surface area contributed by atoms with Crippen LogP contribution in [0.1, 0.15) is 5.69 Å². The molecule has 0 atom stereocenters. The molecule has 0 spiro atoms. The van der Waals surface area contributed by atoms with Gasteiger partial charge < -0.3 is 4.57 Å². The molecule has 0 N–H and O–H groups in total. The maximum absolute atomic E-state index is 3.83. The molecule has 0 bridgehead atoms. The van der Waals surface area contributed by atoms with Gasteiger partial charge in [0, 0.05) is 6.54 Å². The van der Waals surface area contributed by atoms with Gasteiger partial charge >= 0.3 is 0 Å². The molecule has 0 saturated carbocycles. The Morgan fingerprint density at radius 3 is 3.62 bits per heavy atom. The van der Waals surface area contributed by atoms with Gasteiger partial charge in [-0.25, -0.2) is 4.98 Å². The van der Waals surface area contributed by atoms with Crippen LogP contribution in [0.3, 0.4) is 0 Å². The van der Waals surface area contributed by atoms with Crippen LogP contribution in [-0.2, 0) is 6.54 Å². The molecule has 2 nitrogen and oxygen atoms in total. The maximum atomic E-state index is 3.83. The summed E-state index contributed by atoms with van der Waals surface area (Å²) in [6.07, 6.45) is 8.77. The van der Waals surface area contributed by atoms with Gasteiger partial charge in [-0.1, -0.05) is 6.08 Å². The summed E-state index contributed by atoms with van der Waals surface area (Å²) >= 11 is 0. The molecular weight excluding hydrogens is 100 g/mol. The highest BCUT2D eigenvalue weighted by Gasteiger charge is 2.00. The zero-order valence-corrected chi connectivity index (χ0v) is 4.33. The van der Waals surface area contributed by atoms with E-state index in [1.807, 2.05) is 16.8 Å².